The van der Waals surface area contributed by atoms with Gasteiger partial charge >= 0.3 is 6.18 Å². The number of rotatable bonds is 2. The highest BCUT2D eigenvalue weighted by atomic mass is 19.4. The van der Waals surface area contributed by atoms with Gasteiger partial charge in [-0.1, -0.05) is 18.2 Å². The summed E-state index contributed by atoms with van der Waals surface area (Å²) in [6.07, 6.45) is -3.23. The number of hydrogen-bond donors (Lipinski definition) is 1. The first-order valence-electron chi connectivity index (χ1n) is 6.18. The fourth-order valence-electron chi connectivity index (χ4n) is 2.13. The molecule has 0 saturated carbocycles. The van der Waals surface area contributed by atoms with Crippen LogP contribution in [-0.4, -0.2) is 14.8 Å². The van der Waals surface area contributed by atoms with Crippen molar-refractivity contribution in [1.29, 1.82) is 0 Å². The third kappa shape index (κ3) is 2.54. The molecule has 3 rings (SSSR count). The van der Waals surface area contributed by atoms with Crippen molar-refractivity contribution in [3.05, 3.63) is 53.9 Å². The summed E-state index contributed by atoms with van der Waals surface area (Å²) < 4.78 is 39.0. The highest BCUT2D eigenvalue weighted by Crippen LogP contribution is 2.27. The van der Waals surface area contributed by atoms with E-state index in [0.29, 0.717) is 17.9 Å². The maximum Gasteiger partial charge on any atom is 0.433 e. The average Bonchev–Trinajstić information content (AvgIpc) is 2.76. The molecular weight excluding hydrogens is 281 g/mol. The van der Waals surface area contributed by atoms with Crippen molar-refractivity contribution in [2.45, 2.75) is 12.7 Å². The number of fused-ring (bicyclic) bond motifs is 1. The molecule has 0 aliphatic carbocycles. The molecule has 0 fully saturated rings. The van der Waals surface area contributed by atoms with Crippen LogP contribution in [0.1, 0.15) is 11.3 Å². The van der Waals surface area contributed by atoms with E-state index >= 15 is 0 Å². The van der Waals surface area contributed by atoms with Gasteiger partial charge in [0.1, 0.15) is 5.69 Å². The average molecular weight is 292 g/mol. The quantitative estimate of drug-likeness (QED) is 0.789. The molecule has 0 unspecified atom stereocenters. The predicted molar refractivity (Wildman–Crippen MR) is 72.5 cm³/mol. The Hall–Kier alpha value is -2.57. The Labute approximate surface area is 118 Å². The van der Waals surface area contributed by atoms with E-state index in [2.05, 4.69) is 10.1 Å². The van der Waals surface area contributed by atoms with Gasteiger partial charge in [-0.25, -0.2) is 0 Å². The molecule has 0 radical (unpaired) electrons. The lowest BCUT2D eigenvalue weighted by atomic mass is 10.2. The highest BCUT2D eigenvalue weighted by molar-refractivity contribution is 5.89. The molecule has 7 heteroatoms. The zero-order valence-electron chi connectivity index (χ0n) is 10.8. The monoisotopic (exact) mass is 292 g/mol. The maximum absolute atomic E-state index is 12.5. The number of benzene rings is 1. The van der Waals surface area contributed by atoms with E-state index < -0.39 is 11.9 Å². The normalized spacial score (nSPS) is 12.0. The van der Waals surface area contributed by atoms with Crippen LogP contribution in [0.2, 0.25) is 0 Å². The molecule has 0 saturated heterocycles. The van der Waals surface area contributed by atoms with Crippen LogP contribution in [0.3, 0.4) is 0 Å². The molecule has 0 spiro atoms. The summed E-state index contributed by atoms with van der Waals surface area (Å²) in [6, 6.07) is 9.76. The summed E-state index contributed by atoms with van der Waals surface area (Å²) in [5.41, 5.74) is 6.36. The number of pyridine rings is 1. The lowest BCUT2D eigenvalue weighted by Gasteiger charge is -2.07. The van der Waals surface area contributed by atoms with Crippen LogP contribution >= 0.6 is 0 Å². The summed E-state index contributed by atoms with van der Waals surface area (Å²) in [7, 11) is 0. The lowest BCUT2D eigenvalue weighted by Crippen LogP contribution is -2.09. The third-order valence-corrected chi connectivity index (χ3v) is 3.13. The number of nitrogens with two attached hydrogens (primary N) is 1. The van der Waals surface area contributed by atoms with Crippen LogP contribution in [0.4, 0.5) is 19.0 Å². The standard InChI is InChI=1S/C14H11F3N4/c15-14(16,17)12-6-5-9(7-19-12)8-21-11-4-2-1-3-10(11)13(18)20-21/h1-7H,8H2,(H2,18,20). The van der Waals surface area contributed by atoms with Crippen molar-refractivity contribution in [2.24, 2.45) is 0 Å². The number of alkyl halides is 3. The van der Waals surface area contributed by atoms with Crippen LogP contribution in [0, 0.1) is 0 Å². The van der Waals surface area contributed by atoms with Gasteiger partial charge < -0.3 is 5.73 Å². The Kier molecular flexibility index (Phi) is 3.04. The largest absolute Gasteiger partial charge is 0.433 e. The minimum atomic E-state index is -4.43. The zero-order valence-corrected chi connectivity index (χ0v) is 10.8. The second-order valence-corrected chi connectivity index (χ2v) is 4.61. The van der Waals surface area contributed by atoms with Crippen molar-refractivity contribution in [3.8, 4) is 0 Å². The number of halogens is 3. The second-order valence-electron chi connectivity index (χ2n) is 4.61. The SMILES string of the molecule is Nc1nn(Cc2ccc(C(F)(F)F)nc2)c2ccccc12. The number of para-hydroxylation sites is 1. The number of aromatic nitrogens is 3. The molecule has 0 bridgehead atoms. The number of nitrogen functional groups attached to an aromatic ring is 1. The van der Waals surface area contributed by atoms with Crippen LogP contribution in [-0.2, 0) is 12.7 Å². The minimum Gasteiger partial charge on any atom is -0.382 e. The number of nitrogens with zero attached hydrogens (tertiary/aromatic N) is 3. The summed E-state index contributed by atoms with van der Waals surface area (Å²) in [5, 5.41) is 5.02. The van der Waals surface area contributed by atoms with Gasteiger partial charge in [0.25, 0.3) is 0 Å². The topological polar surface area (TPSA) is 56.7 Å². The summed E-state index contributed by atoms with van der Waals surface area (Å²) in [5.74, 6) is 0.394. The summed E-state index contributed by atoms with van der Waals surface area (Å²) in [4.78, 5) is 3.44. The molecule has 2 N–H and O–H groups in total. The minimum absolute atomic E-state index is 0.308. The van der Waals surface area contributed by atoms with Crippen molar-refractivity contribution < 1.29 is 13.2 Å². The van der Waals surface area contributed by atoms with E-state index in [1.54, 1.807) is 4.68 Å². The van der Waals surface area contributed by atoms with Crippen LogP contribution < -0.4 is 5.73 Å². The van der Waals surface area contributed by atoms with E-state index in [4.69, 9.17) is 5.73 Å². The molecule has 4 nitrogen and oxygen atoms in total. The highest BCUT2D eigenvalue weighted by Gasteiger charge is 2.32. The van der Waals surface area contributed by atoms with Crippen molar-refractivity contribution in [2.75, 3.05) is 5.73 Å². The van der Waals surface area contributed by atoms with Gasteiger partial charge in [0.05, 0.1) is 12.1 Å². The first-order chi connectivity index (χ1) is 9.95. The van der Waals surface area contributed by atoms with Gasteiger partial charge in [-0.15, -0.1) is 0 Å². The molecule has 0 aliphatic rings. The van der Waals surface area contributed by atoms with Gasteiger partial charge in [-0.3, -0.25) is 9.67 Å². The molecule has 2 heterocycles. The Balaban J connectivity index is 1.92. The van der Waals surface area contributed by atoms with Crippen molar-refractivity contribution in [1.82, 2.24) is 14.8 Å². The number of anilines is 1. The Morgan fingerprint density at radius 2 is 1.86 bits per heavy atom. The maximum atomic E-state index is 12.5. The van der Waals surface area contributed by atoms with Crippen LogP contribution in [0.15, 0.2) is 42.6 Å². The fraction of sp³-hybridized carbons (Fsp3) is 0.143. The van der Waals surface area contributed by atoms with Crippen LogP contribution in [0.25, 0.3) is 10.9 Å². The van der Waals surface area contributed by atoms with Gasteiger partial charge in [0.2, 0.25) is 0 Å². The smallest absolute Gasteiger partial charge is 0.382 e. The summed E-state index contributed by atoms with van der Waals surface area (Å²) >= 11 is 0. The molecule has 1 aromatic carbocycles. The third-order valence-electron chi connectivity index (χ3n) is 3.13. The zero-order chi connectivity index (χ0) is 15.0. The first-order valence-corrected chi connectivity index (χ1v) is 6.18. The Morgan fingerprint density at radius 1 is 1.10 bits per heavy atom. The van der Waals surface area contributed by atoms with Gasteiger partial charge in [0, 0.05) is 11.6 Å². The predicted octanol–water partition coefficient (Wildman–Crippen LogP) is 3.08. The van der Waals surface area contributed by atoms with E-state index in [-0.39, 0.29) is 0 Å². The number of hydrogen-bond acceptors (Lipinski definition) is 3. The fourth-order valence-corrected chi connectivity index (χ4v) is 2.13. The first kappa shape index (κ1) is 13.4. The molecule has 21 heavy (non-hydrogen) atoms. The van der Waals surface area contributed by atoms with E-state index in [9.17, 15) is 13.2 Å². The Bertz CT molecular complexity index is 775. The molecule has 0 amide bonds. The van der Waals surface area contributed by atoms with E-state index in [1.807, 2.05) is 24.3 Å². The molecule has 3 aromatic rings. The molecule has 108 valence electrons. The van der Waals surface area contributed by atoms with Gasteiger partial charge in [0.15, 0.2) is 5.82 Å². The lowest BCUT2D eigenvalue weighted by molar-refractivity contribution is -0.141. The van der Waals surface area contributed by atoms with Crippen molar-refractivity contribution in [3.63, 3.8) is 0 Å². The van der Waals surface area contributed by atoms with E-state index in [1.165, 1.54) is 12.3 Å². The van der Waals surface area contributed by atoms with Crippen molar-refractivity contribution >= 4 is 16.7 Å². The molecule has 0 atom stereocenters. The van der Waals surface area contributed by atoms with Gasteiger partial charge in [-0.2, -0.15) is 18.3 Å². The molecule has 2 aromatic heterocycles. The molecule has 0 aliphatic heterocycles. The van der Waals surface area contributed by atoms with Crippen LogP contribution in [0.5, 0.6) is 0 Å². The van der Waals surface area contributed by atoms with E-state index in [0.717, 1.165) is 17.0 Å². The Morgan fingerprint density at radius 3 is 2.52 bits per heavy atom. The molecular formula is C14H11F3N4. The second kappa shape index (κ2) is 4.76. The van der Waals surface area contributed by atoms with Gasteiger partial charge in [-0.05, 0) is 23.8 Å². The summed E-state index contributed by atoms with van der Waals surface area (Å²) in [6.45, 7) is 0.308.